The number of hydrogen-bond donors (Lipinski definition) is 1. The molecule has 0 spiro atoms. The molecule has 0 unspecified atom stereocenters. The summed E-state index contributed by atoms with van der Waals surface area (Å²) < 4.78 is 10.0. The average molecular weight is 285 g/mol. The molecule has 0 bridgehead atoms. The lowest BCUT2D eigenvalue weighted by Gasteiger charge is -2.02. The van der Waals surface area contributed by atoms with Crippen molar-refractivity contribution in [1.82, 2.24) is 4.98 Å². The second kappa shape index (κ2) is 5.09. The van der Waals surface area contributed by atoms with Gasteiger partial charge in [0.15, 0.2) is 0 Å². The standard InChI is InChI=1S/C16H15NO4/c1-3-9-11(8-13(18)20-2)17-15-14(9)10-6-4-5-7-12(10)21-16(15)19/h4-7,17H,3,8H2,1-2H3. The molecule has 2 aromatic heterocycles. The molecule has 108 valence electrons. The predicted molar refractivity (Wildman–Crippen MR) is 79.4 cm³/mol. The lowest BCUT2D eigenvalue weighted by molar-refractivity contribution is -0.139. The summed E-state index contributed by atoms with van der Waals surface area (Å²) in [5.41, 5.74) is 2.20. The zero-order chi connectivity index (χ0) is 15.0. The van der Waals surface area contributed by atoms with Crippen LogP contribution in [0.1, 0.15) is 18.2 Å². The van der Waals surface area contributed by atoms with E-state index in [-0.39, 0.29) is 12.4 Å². The molecular formula is C16H15NO4. The van der Waals surface area contributed by atoms with E-state index < -0.39 is 5.63 Å². The Bertz CT molecular complexity index is 888. The number of aromatic amines is 1. The third-order valence-corrected chi connectivity index (χ3v) is 3.66. The number of carbonyl (C=O) groups excluding carboxylic acids is 1. The number of aromatic nitrogens is 1. The summed E-state index contributed by atoms with van der Waals surface area (Å²) in [6, 6.07) is 7.40. The Morgan fingerprint density at radius 3 is 2.81 bits per heavy atom. The lowest BCUT2D eigenvalue weighted by atomic mass is 10.0. The fourth-order valence-corrected chi connectivity index (χ4v) is 2.71. The molecule has 5 heteroatoms. The Labute approximate surface area is 120 Å². The van der Waals surface area contributed by atoms with Crippen LogP contribution in [-0.4, -0.2) is 18.1 Å². The van der Waals surface area contributed by atoms with Crippen molar-refractivity contribution >= 4 is 27.8 Å². The van der Waals surface area contributed by atoms with Gasteiger partial charge >= 0.3 is 11.6 Å². The first-order valence-electron chi connectivity index (χ1n) is 6.77. The summed E-state index contributed by atoms with van der Waals surface area (Å²) in [6.07, 6.45) is 0.821. The van der Waals surface area contributed by atoms with Crippen LogP contribution in [0.5, 0.6) is 0 Å². The normalized spacial score (nSPS) is 11.1. The number of H-pyrrole nitrogens is 1. The summed E-state index contributed by atoms with van der Waals surface area (Å²) >= 11 is 0. The number of nitrogens with one attached hydrogen (secondary N) is 1. The number of aryl methyl sites for hydroxylation is 1. The van der Waals surface area contributed by atoms with E-state index in [1.807, 2.05) is 25.1 Å². The minimum absolute atomic E-state index is 0.113. The topological polar surface area (TPSA) is 72.3 Å². The van der Waals surface area contributed by atoms with E-state index in [2.05, 4.69) is 4.98 Å². The molecule has 0 saturated carbocycles. The Kier molecular flexibility index (Phi) is 3.25. The molecule has 3 rings (SSSR count). The van der Waals surface area contributed by atoms with Gasteiger partial charge in [0.25, 0.3) is 0 Å². The largest absolute Gasteiger partial charge is 0.469 e. The van der Waals surface area contributed by atoms with Crippen molar-refractivity contribution < 1.29 is 13.9 Å². The third kappa shape index (κ3) is 2.11. The number of rotatable bonds is 3. The maximum Gasteiger partial charge on any atom is 0.360 e. The van der Waals surface area contributed by atoms with Crippen LogP contribution in [0.2, 0.25) is 0 Å². The maximum absolute atomic E-state index is 12.1. The van der Waals surface area contributed by atoms with Crippen LogP contribution in [-0.2, 0) is 22.4 Å². The summed E-state index contributed by atoms with van der Waals surface area (Å²) in [7, 11) is 1.35. The van der Waals surface area contributed by atoms with Crippen LogP contribution in [0.3, 0.4) is 0 Å². The fraction of sp³-hybridized carbons (Fsp3) is 0.250. The quantitative estimate of drug-likeness (QED) is 0.593. The number of fused-ring (bicyclic) bond motifs is 3. The van der Waals surface area contributed by atoms with Crippen molar-refractivity contribution in [3.8, 4) is 0 Å². The van der Waals surface area contributed by atoms with Crippen molar-refractivity contribution in [2.75, 3.05) is 7.11 Å². The number of benzene rings is 1. The molecule has 1 aromatic carbocycles. The van der Waals surface area contributed by atoms with Gasteiger partial charge in [0.2, 0.25) is 0 Å². The van der Waals surface area contributed by atoms with Crippen molar-refractivity contribution in [2.24, 2.45) is 0 Å². The van der Waals surface area contributed by atoms with Crippen molar-refractivity contribution in [2.45, 2.75) is 19.8 Å². The van der Waals surface area contributed by atoms with Gasteiger partial charge in [-0.3, -0.25) is 4.79 Å². The molecule has 3 aromatic rings. The number of hydrogen-bond acceptors (Lipinski definition) is 4. The Morgan fingerprint density at radius 1 is 1.33 bits per heavy atom. The Balaban J connectivity index is 2.38. The van der Waals surface area contributed by atoms with Crippen LogP contribution < -0.4 is 5.63 Å². The number of esters is 1. The van der Waals surface area contributed by atoms with Crippen molar-refractivity contribution in [3.63, 3.8) is 0 Å². The maximum atomic E-state index is 12.1. The van der Waals surface area contributed by atoms with E-state index >= 15 is 0 Å². The van der Waals surface area contributed by atoms with Crippen LogP contribution in [0, 0.1) is 0 Å². The van der Waals surface area contributed by atoms with E-state index in [0.29, 0.717) is 23.2 Å². The first kappa shape index (κ1) is 13.4. The SMILES string of the molecule is CCc1c(CC(=O)OC)[nH]c2c(=O)oc3ccccc3c12. The molecule has 0 radical (unpaired) electrons. The summed E-state index contributed by atoms with van der Waals surface area (Å²) in [5, 5.41) is 1.71. The number of ether oxygens (including phenoxy) is 1. The smallest absolute Gasteiger partial charge is 0.360 e. The molecule has 1 N–H and O–H groups in total. The molecule has 0 amide bonds. The fourth-order valence-electron chi connectivity index (χ4n) is 2.71. The highest BCUT2D eigenvalue weighted by Crippen LogP contribution is 2.29. The van der Waals surface area contributed by atoms with Crippen LogP contribution >= 0.6 is 0 Å². The average Bonchev–Trinajstić information content (AvgIpc) is 2.86. The molecule has 2 heterocycles. The lowest BCUT2D eigenvalue weighted by Crippen LogP contribution is -2.06. The minimum atomic E-state index is -0.422. The molecule has 0 aliphatic rings. The minimum Gasteiger partial charge on any atom is -0.469 e. The van der Waals surface area contributed by atoms with Crippen molar-refractivity contribution in [1.29, 1.82) is 0 Å². The molecule has 0 atom stereocenters. The monoisotopic (exact) mass is 285 g/mol. The summed E-state index contributed by atoms with van der Waals surface area (Å²) in [5.74, 6) is -0.343. The summed E-state index contributed by atoms with van der Waals surface area (Å²) in [6.45, 7) is 1.99. The van der Waals surface area contributed by atoms with E-state index in [4.69, 9.17) is 9.15 Å². The van der Waals surface area contributed by atoms with E-state index in [0.717, 1.165) is 16.3 Å². The predicted octanol–water partition coefficient (Wildman–Crippen LogP) is 2.55. The van der Waals surface area contributed by atoms with Gasteiger partial charge in [-0.2, -0.15) is 0 Å². The zero-order valence-corrected chi connectivity index (χ0v) is 11.9. The molecule has 21 heavy (non-hydrogen) atoms. The highest BCUT2D eigenvalue weighted by molar-refractivity contribution is 6.06. The molecule has 0 aliphatic carbocycles. The van der Waals surface area contributed by atoms with E-state index in [9.17, 15) is 9.59 Å². The number of methoxy groups -OCH3 is 1. The van der Waals surface area contributed by atoms with Crippen LogP contribution in [0.25, 0.3) is 21.9 Å². The van der Waals surface area contributed by atoms with Gasteiger partial charge in [-0.15, -0.1) is 0 Å². The highest BCUT2D eigenvalue weighted by Gasteiger charge is 2.18. The van der Waals surface area contributed by atoms with Gasteiger partial charge in [-0.25, -0.2) is 4.79 Å². The number of carbonyl (C=O) groups is 1. The molecular weight excluding hydrogens is 270 g/mol. The van der Waals surface area contributed by atoms with E-state index in [1.54, 1.807) is 6.07 Å². The Hall–Kier alpha value is -2.56. The number of para-hydroxylation sites is 1. The molecule has 0 fully saturated rings. The van der Waals surface area contributed by atoms with Gasteiger partial charge in [0.05, 0.1) is 13.5 Å². The first-order valence-corrected chi connectivity index (χ1v) is 6.77. The molecule has 0 saturated heterocycles. The van der Waals surface area contributed by atoms with E-state index in [1.165, 1.54) is 7.11 Å². The van der Waals surface area contributed by atoms with Gasteiger partial charge in [-0.05, 0) is 18.1 Å². The summed E-state index contributed by atoms with van der Waals surface area (Å²) in [4.78, 5) is 26.7. The van der Waals surface area contributed by atoms with Gasteiger partial charge in [-0.1, -0.05) is 25.1 Å². The first-order chi connectivity index (χ1) is 10.2. The highest BCUT2D eigenvalue weighted by atomic mass is 16.5. The van der Waals surface area contributed by atoms with Gasteiger partial charge < -0.3 is 14.1 Å². The second-order valence-electron chi connectivity index (χ2n) is 4.82. The molecule has 0 aliphatic heterocycles. The zero-order valence-electron chi connectivity index (χ0n) is 11.9. The van der Waals surface area contributed by atoms with Crippen molar-refractivity contribution in [3.05, 3.63) is 45.9 Å². The second-order valence-corrected chi connectivity index (χ2v) is 4.82. The van der Waals surface area contributed by atoms with Crippen LogP contribution in [0.4, 0.5) is 0 Å². The van der Waals surface area contributed by atoms with Crippen LogP contribution in [0.15, 0.2) is 33.5 Å². The Morgan fingerprint density at radius 2 is 2.10 bits per heavy atom. The van der Waals surface area contributed by atoms with Gasteiger partial charge in [0, 0.05) is 16.5 Å². The van der Waals surface area contributed by atoms with Gasteiger partial charge in [0.1, 0.15) is 11.1 Å². The molecule has 5 nitrogen and oxygen atoms in total. The third-order valence-electron chi connectivity index (χ3n) is 3.66.